The zero-order valence-electron chi connectivity index (χ0n) is 17.1. The predicted molar refractivity (Wildman–Crippen MR) is 109 cm³/mol. The van der Waals surface area contributed by atoms with E-state index in [-0.39, 0.29) is 30.3 Å². The van der Waals surface area contributed by atoms with Crippen molar-refractivity contribution in [3.05, 3.63) is 65.5 Å². The minimum absolute atomic E-state index is 0.0806. The molecule has 0 saturated carbocycles. The Hall–Kier alpha value is -2.68. The number of aromatic nitrogens is 2. The fraction of sp³-hybridized carbons (Fsp3) is 0.348. The molecule has 1 aliphatic carbocycles. The number of alkyl halides is 3. The zero-order valence-corrected chi connectivity index (χ0v) is 17.1. The second-order valence-electron chi connectivity index (χ2n) is 8.13. The molecule has 3 aromatic rings. The molecule has 0 radical (unpaired) electrons. The first-order valence-electron chi connectivity index (χ1n) is 9.97. The van der Waals surface area contributed by atoms with Gasteiger partial charge >= 0.3 is 6.18 Å². The smallest absolute Gasteiger partial charge is 0.394 e. The highest BCUT2D eigenvalue weighted by Gasteiger charge is 2.61. The number of hydrogen-bond donors (Lipinski definition) is 3. The van der Waals surface area contributed by atoms with Crippen LogP contribution in [-0.4, -0.2) is 44.5 Å². The van der Waals surface area contributed by atoms with Crippen molar-refractivity contribution in [2.75, 3.05) is 13.2 Å². The van der Waals surface area contributed by atoms with Crippen LogP contribution in [0.5, 0.6) is 0 Å². The molecule has 0 aliphatic heterocycles. The first kappa shape index (κ1) is 21.5. The number of benzene rings is 2. The SMILES string of the molecule is CC(C)c1cc(-c2cnn(C(CO)CO)c2)c2c(c1)C(O)(C(F)(F)F)c1ccccc1-2. The van der Waals surface area contributed by atoms with Crippen molar-refractivity contribution >= 4 is 0 Å². The summed E-state index contributed by atoms with van der Waals surface area (Å²) in [6.45, 7) is 3.07. The molecule has 3 N–H and O–H groups in total. The van der Waals surface area contributed by atoms with Crippen molar-refractivity contribution in [3.8, 4) is 22.3 Å². The molecule has 4 rings (SSSR count). The van der Waals surface area contributed by atoms with Gasteiger partial charge in [0.05, 0.1) is 25.5 Å². The van der Waals surface area contributed by atoms with Crippen LogP contribution in [0.25, 0.3) is 22.3 Å². The molecule has 31 heavy (non-hydrogen) atoms. The van der Waals surface area contributed by atoms with Crippen LogP contribution in [0.1, 0.15) is 42.5 Å². The van der Waals surface area contributed by atoms with Gasteiger partial charge in [-0.05, 0) is 28.2 Å². The second-order valence-corrected chi connectivity index (χ2v) is 8.13. The third-order valence-corrected chi connectivity index (χ3v) is 5.92. The van der Waals surface area contributed by atoms with Crippen molar-refractivity contribution in [2.45, 2.75) is 37.6 Å². The Balaban J connectivity index is 2.04. The van der Waals surface area contributed by atoms with E-state index in [1.807, 2.05) is 19.9 Å². The fourth-order valence-electron chi connectivity index (χ4n) is 4.17. The third-order valence-electron chi connectivity index (χ3n) is 5.92. The first-order chi connectivity index (χ1) is 14.6. The molecule has 1 unspecified atom stereocenters. The van der Waals surface area contributed by atoms with Crippen LogP contribution in [0.4, 0.5) is 13.2 Å². The van der Waals surface area contributed by atoms with Crippen LogP contribution >= 0.6 is 0 Å². The minimum atomic E-state index is -4.91. The molecular formula is C23H23F3N2O3. The summed E-state index contributed by atoms with van der Waals surface area (Å²) < 4.78 is 44.1. The van der Waals surface area contributed by atoms with Crippen molar-refractivity contribution in [3.63, 3.8) is 0 Å². The van der Waals surface area contributed by atoms with E-state index in [1.165, 1.54) is 29.1 Å². The lowest BCUT2D eigenvalue weighted by Gasteiger charge is -2.29. The Morgan fingerprint density at radius 3 is 2.32 bits per heavy atom. The van der Waals surface area contributed by atoms with Gasteiger partial charge in [0.1, 0.15) is 0 Å². The number of nitrogens with zero attached hydrogens (tertiary/aromatic N) is 2. The van der Waals surface area contributed by atoms with Crippen molar-refractivity contribution in [2.24, 2.45) is 0 Å². The lowest BCUT2D eigenvalue weighted by Crippen LogP contribution is -2.41. The zero-order chi connectivity index (χ0) is 22.6. The normalized spacial score (nSPS) is 18.0. The van der Waals surface area contributed by atoms with E-state index < -0.39 is 17.8 Å². The van der Waals surface area contributed by atoms with Crippen molar-refractivity contribution in [1.82, 2.24) is 9.78 Å². The number of aliphatic hydroxyl groups excluding tert-OH is 2. The highest BCUT2D eigenvalue weighted by Crippen LogP contribution is 2.57. The monoisotopic (exact) mass is 432 g/mol. The lowest BCUT2D eigenvalue weighted by atomic mass is 9.86. The molecule has 164 valence electrons. The molecule has 0 spiro atoms. The number of hydrogen-bond acceptors (Lipinski definition) is 4. The quantitative estimate of drug-likeness (QED) is 0.570. The lowest BCUT2D eigenvalue weighted by molar-refractivity contribution is -0.246. The van der Waals surface area contributed by atoms with E-state index in [4.69, 9.17) is 0 Å². The molecule has 0 fully saturated rings. The van der Waals surface area contributed by atoms with E-state index in [9.17, 15) is 28.5 Å². The molecule has 8 heteroatoms. The Labute approximate surface area is 177 Å². The number of aliphatic hydroxyl groups is 3. The summed E-state index contributed by atoms with van der Waals surface area (Å²) in [7, 11) is 0. The fourth-order valence-corrected chi connectivity index (χ4v) is 4.17. The third kappa shape index (κ3) is 3.17. The van der Waals surface area contributed by atoms with Crippen LogP contribution in [0, 0.1) is 0 Å². The molecule has 2 aromatic carbocycles. The van der Waals surface area contributed by atoms with Crippen LogP contribution in [0.15, 0.2) is 48.8 Å². The summed E-state index contributed by atoms with van der Waals surface area (Å²) in [6, 6.07) is 8.60. The summed E-state index contributed by atoms with van der Waals surface area (Å²) in [6.07, 6.45) is -1.83. The topological polar surface area (TPSA) is 78.5 Å². The standard InChI is InChI=1S/C23H23F3N2O3/c1-13(2)14-7-18(15-9-27-28(10-15)16(11-29)12-30)21-17-5-3-4-6-19(17)22(31,20(21)8-14)23(24,25)26/h3-10,13,16,29-31H,11-12H2,1-2H3. The van der Waals surface area contributed by atoms with Gasteiger partial charge in [-0.2, -0.15) is 18.3 Å². The highest BCUT2D eigenvalue weighted by atomic mass is 19.4. The molecular weight excluding hydrogens is 409 g/mol. The van der Waals surface area contributed by atoms with Gasteiger partial charge in [-0.3, -0.25) is 4.68 Å². The average Bonchev–Trinajstić information content (AvgIpc) is 3.31. The molecule has 1 atom stereocenters. The summed E-state index contributed by atoms with van der Waals surface area (Å²) >= 11 is 0. The Bertz CT molecular complexity index is 1120. The summed E-state index contributed by atoms with van der Waals surface area (Å²) in [5.74, 6) is -0.0806. The maximum absolute atomic E-state index is 14.2. The highest BCUT2D eigenvalue weighted by molar-refractivity contribution is 5.92. The summed E-state index contributed by atoms with van der Waals surface area (Å²) in [5, 5.41) is 34.1. The Morgan fingerprint density at radius 2 is 1.71 bits per heavy atom. The van der Waals surface area contributed by atoms with E-state index in [0.29, 0.717) is 27.8 Å². The predicted octanol–water partition coefficient (Wildman–Crippen LogP) is 3.98. The van der Waals surface area contributed by atoms with Crippen LogP contribution in [0.2, 0.25) is 0 Å². The molecule has 1 aromatic heterocycles. The number of halogens is 3. The van der Waals surface area contributed by atoms with Crippen LogP contribution in [-0.2, 0) is 5.60 Å². The number of fused-ring (bicyclic) bond motifs is 3. The van der Waals surface area contributed by atoms with Crippen molar-refractivity contribution < 1.29 is 28.5 Å². The Morgan fingerprint density at radius 1 is 1.03 bits per heavy atom. The maximum Gasteiger partial charge on any atom is 0.425 e. The van der Waals surface area contributed by atoms with E-state index in [0.717, 1.165) is 0 Å². The molecule has 0 amide bonds. The van der Waals surface area contributed by atoms with Crippen LogP contribution < -0.4 is 0 Å². The molecule has 0 bridgehead atoms. The van der Waals surface area contributed by atoms with E-state index >= 15 is 0 Å². The first-order valence-corrected chi connectivity index (χ1v) is 9.97. The Kier molecular flexibility index (Phi) is 5.20. The largest absolute Gasteiger partial charge is 0.425 e. The summed E-state index contributed by atoms with van der Waals surface area (Å²) in [4.78, 5) is 0. The van der Waals surface area contributed by atoms with Crippen molar-refractivity contribution in [1.29, 1.82) is 0 Å². The van der Waals surface area contributed by atoms with Gasteiger partial charge in [-0.25, -0.2) is 0 Å². The van der Waals surface area contributed by atoms with Gasteiger partial charge in [0.15, 0.2) is 0 Å². The van der Waals surface area contributed by atoms with Gasteiger partial charge in [0.2, 0.25) is 5.60 Å². The molecule has 1 heterocycles. The second kappa shape index (κ2) is 7.47. The molecule has 5 nitrogen and oxygen atoms in total. The molecule has 0 saturated heterocycles. The van der Waals surface area contributed by atoms with Gasteiger partial charge in [0, 0.05) is 22.9 Å². The van der Waals surface area contributed by atoms with E-state index in [1.54, 1.807) is 18.3 Å². The average molecular weight is 432 g/mol. The molecule has 1 aliphatic rings. The van der Waals surface area contributed by atoms with Gasteiger partial charge < -0.3 is 15.3 Å². The van der Waals surface area contributed by atoms with E-state index in [2.05, 4.69) is 5.10 Å². The van der Waals surface area contributed by atoms with Gasteiger partial charge in [0.25, 0.3) is 0 Å². The number of rotatable bonds is 5. The summed E-state index contributed by atoms with van der Waals surface area (Å²) in [5.41, 5.74) is -1.20. The van der Waals surface area contributed by atoms with Gasteiger partial charge in [-0.15, -0.1) is 0 Å². The van der Waals surface area contributed by atoms with Crippen LogP contribution in [0.3, 0.4) is 0 Å². The van der Waals surface area contributed by atoms with Gasteiger partial charge in [-0.1, -0.05) is 50.2 Å². The minimum Gasteiger partial charge on any atom is -0.394 e. The maximum atomic E-state index is 14.2.